The number of ether oxygens (including phenoxy) is 1. The number of benzene rings is 2. The van der Waals surface area contributed by atoms with Gasteiger partial charge in [0, 0.05) is 29.6 Å². The van der Waals surface area contributed by atoms with Crippen LogP contribution < -0.4 is 4.74 Å². The summed E-state index contributed by atoms with van der Waals surface area (Å²) in [6.45, 7) is 0. The quantitative estimate of drug-likeness (QED) is 0.409. The molecular formula is C24H14F4N4O2. The molecule has 1 unspecified atom stereocenters. The van der Waals surface area contributed by atoms with Gasteiger partial charge in [0.25, 0.3) is 0 Å². The molecule has 2 aromatic heterocycles. The van der Waals surface area contributed by atoms with E-state index < -0.39 is 40.0 Å². The van der Waals surface area contributed by atoms with Crippen LogP contribution in [0.5, 0.6) is 11.5 Å². The first kappa shape index (κ1) is 22.8. The van der Waals surface area contributed by atoms with Crippen LogP contribution >= 0.6 is 0 Å². The van der Waals surface area contributed by atoms with Crippen molar-refractivity contribution < 1.29 is 27.4 Å². The van der Waals surface area contributed by atoms with Gasteiger partial charge in [-0.2, -0.15) is 14.0 Å². The van der Waals surface area contributed by atoms with E-state index in [2.05, 4.69) is 15.0 Å². The molecule has 0 amide bonds. The third-order valence-corrected chi connectivity index (χ3v) is 5.03. The highest BCUT2D eigenvalue weighted by Crippen LogP contribution is 2.49. The molecule has 0 bridgehead atoms. The van der Waals surface area contributed by atoms with Gasteiger partial charge in [-0.1, -0.05) is 0 Å². The number of hydrogen-bond donors (Lipinski definition) is 1. The number of pyridine rings is 1. The lowest BCUT2D eigenvalue weighted by Crippen LogP contribution is -2.45. The van der Waals surface area contributed by atoms with Crippen molar-refractivity contribution in [2.24, 2.45) is 0 Å². The molecule has 10 heteroatoms. The van der Waals surface area contributed by atoms with Crippen LogP contribution in [0.1, 0.15) is 22.4 Å². The Morgan fingerprint density at radius 3 is 2.15 bits per heavy atom. The molecule has 0 saturated carbocycles. The van der Waals surface area contributed by atoms with Crippen LogP contribution in [-0.4, -0.2) is 20.1 Å². The van der Waals surface area contributed by atoms with E-state index in [9.17, 15) is 13.9 Å². The van der Waals surface area contributed by atoms with Crippen molar-refractivity contribution in [3.8, 4) is 17.6 Å². The van der Waals surface area contributed by atoms with Gasteiger partial charge in [-0.3, -0.25) is 4.98 Å². The lowest BCUT2D eigenvalue weighted by Gasteiger charge is -2.36. The van der Waals surface area contributed by atoms with Crippen molar-refractivity contribution in [1.82, 2.24) is 15.0 Å². The van der Waals surface area contributed by atoms with Crippen molar-refractivity contribution in [3.63, 3.8) is 0 Å². The van der Waals surface area contributed by atoms with Gasteiger partial charge in [0.2, 0.25) is 0 Å². The number of hydrogen-bond acceptors (Lipinski definition) is 6. The minimum absolute atomic E-state index is 0.101. The van der Waals surface area contributed by atoms with Crippen molar-refractivity contribution in [3.05, 3.63) is 114 Å². The van der Waals surface area contributed by atoms with Gasteiger partial charge in [-0.15, -0.1) is 0 Å². The Morgan fingerprint density at radius 1 is 0.882 bits per heavy atom. The summed E-state index contributed by atoms with van der Waals surface area (Å²) in [7, 11) is 0. The minimum Gasteiger partial charge on any atom is -0.456 e. The first-order valence-electron chi connectivity index (χ1n) is 9.71. The molecule has 0 aliphatic rings. The Kier molecular flexibility index (Phi) is 5.96. The smallest absolute Gasteiger partial charge is 0.326 e. The van der Waals surface area contributed by atoms with Crippen LogP contribution in [0.15, 0.2) is 79.5 Å². The molecule has 4 aromatic rings. The molecule has 2 heterocycles. The molecule has 0 spiro atoms. The van der Waals surface area contributed by atoms with Crippen molar-refractivity contribution >= 4 is 0 Å². The van der Waals surface area contributed by atoms with E-state index in [1.807, 2.05) is 6.07 Å². The molecule has 0 radical (unpaired) electrons. The van der Waals surface area contributed by atoms with Gasteiger partial charge < -0.3 is 9.84 Å². The van der Waals surface area contributed by atoms with Crippen LogP contribution in [0.3, 0.4) is 0 Å². The number of halogens is 4. The maximum Gasteiger partial charge on any atom is 0.326 e. The van der Waals surface area contributed by atoms with Crippen LogP contribution in [0.4, 0.5) is 17.6 Å². The topological polar surface area (TPSA) is 91.9 Å². The summed E-state index contributed by atoms with van der Waals surface area (Å²) >= 11 is 0. The summed E-state index contributed by atoms with van der Waals surface area (Å²) in [5, 5.41) is 20.1. The van der Waals surface area contributed by atoms with Gasteiger partial charge in [-0.25, -0.2) is 18.7 Å². The van der Waals surface area contributed by atoms with Gasteiger partial charge in [0.1, 0.15) is 35.2 Å². The van der Waals surface area contributed by atoms with Gasteiger partial charge in [-0.05, 0) is 48.5 Å². The van der Waals surface area contributed by atoms with E-state index in [1.54, 1.807) is 0 Å². The largest absolute Gasteiger partial charge is 0.456 e. The second-order valence-corrected chi connectivity index (χ2v) is 7.15. The first-order chi connectivity index (χ1) is 16.3. The summed E-state index contributed by atoms with van der Waals surface area (Å²) in [4.78, 5) is 11.0. The van der Waals surface area contributed by atoms with Crippen LogP contribution in [0.2, 0.25) is 0 Å². The molecule has 0 fully saturated rings. The summed E-state index contributed by atoms with van der Waals surface area (Å²) in [5.41, 5.74) is -5.21. The second kappa shape index (κ2) is 8.88. The lowest BCUT2D eigenvalue weighted by molar-refractivity contribution is -0.175. The summed E-state index contributed by atoms with van der Waals surface area (Å²) < 4.78 is 65.2. The molecule has 6 nitrogen and oxygen atoms in total. The fraction of sp³-hybridized carbons (Fsp3) is 0.0833. The molecule has 1 N–H and O–H groups in total. The Hall–Kier alpha value is -4.36. The molecule has 0 saturated heterocycles. The zero-order valence-electron chi connectivity index (χ0n) is 17.2. The Balaban J connectivity index is 1.74. The van der Waals surface area contributed by atoms with Crippen LogP contribution in [0.25, 0.3) is 0 Å². The van der Waals surface area contributed by atoms with Crippen molar-refractivity contribution in [1.29, 1.82) is 5.26 Å². The van der Waals surface area contributed by atoms with E-state index >= 15 is 8.78 Å². The number of alkyl halides is 2. The van der Waals surface area contributed by atoms with E-state index in [1.165, 1.54) is 30.3 Å². The molecule has 4 rings (SSSR count). The summed E-state index contributed by atoms with van der Waals surface area (Å²) in [6.07, 6.45) is 3.87. The Bertz CT molecular complexity index is 1340. The molecule has 0 aliphatic heterocycles. The maximum atomic E-state index is 15.8. The number of nitrogens with zero attached hydrogens (tertiary/aromatic N) is 4. The molecule has 1 atom stereocenters. The highest BCUT2D eigenvalue weighted by atomic mass is 19.3. The molecule has 0 aliphatic carbocycles. The van der Waals surface area contributed by atoms with E-state index in [-0.39, 0.29) is 5.75 Å². The number of nitriles is 1. The predicted molar refractivity (Wildman–Crippen MR) is 111 cm³/mol. The SMILES string of the molecule is N#Cc1ccc(Oc2ccc(C(F)(F)C(O)(c3cncnc3)c3ccc(F)cc3F)nc2)cc1. The standard InChI is InChI=1S/C24H14F4N4O2/c25-17-3-7-20(21(26)9-17)23(33,16-11-30-14-31-12-16)24(27,28)22-8-6-19(13-32-22)34-18-4-1-15(10-29)2-5-18/h1-9,11-14,33H. The third kappa shape index (κ3) is 4.04. The molecule has 2 aromatic carbocycles. The zero-order chi connectivity index (χ0) is 24.3. The number of rotatable bonds is 6. The lowest BCUT2D eigenvalue weighted by atomic mass is 9.80. The molecule has 34 heavy (non-hydrogen) atoms. The second-order valence-electron chi connectivity index (χ2n) is 7.15. The normalized spacial score (nSPS) is 13.1. The first-order valence-corrected chi connectivity index (χ1v) is 9.71. The fourth-order valence-electron chi connectivity index (χ4n) is 3.32. The number of aromatic nitrogens is 3. The Labute approximate surface area is 190 Å². The summed E-state index contributed by atoms with van der Waals surface area (Å²) in [5.74, 6) is -6.15. The van der Waals surface area contributed by atoms with Gasteiger partial charge >= 0.3 is 5.92 Å². The van der Waals surface area contributed by atoms with Gasteiger partial charge in [0.15, 0.2) is 5.60 Å². The fourth-order valence-corrected chi connectivity index (χ4v) is 3.32. The van der Waals surface area contributed by atoms with Crippen LogP contribution in [-0.2, 0) is 11.5 Å². The maximum absolute atomic E-state index is 15.8. The highest BCUT2D eigenvalue weighted by molar-refractivity contribution is 5.41. The third-order valence-electron chi connectivity index (χ3n) is 5.03. The molecular weight excluding hydrogens is 452 g/mol. The van der Waals surface area contributed by atoms with E-state index in [0.29, 0.717) is 17.4 Å². The average Bonchev–Trinajstić information content (AvgIpc) is 2.85. The van der Waals surface area contributed by atoms with E-state index in [0.717, 1.165) is 43.1 Å². The average molecular weight is 466 g/mol. The predicted octanol–water partition coefficient (Wildman–Crippen LogP) is 4.84. The monoisotopic (exact) mass is 466 g/mol. The number of aliphatic hydroxyl groups is 1. The van der Waals surface area contributed by atoms with E-state index in [4.69, 9.17) is 10.00 Å². The minimum atomic E-state index is -4.21. The van der Waals surface area contributed by atoms with Crippen LogP contribution in [0, 0.1) is 23.0 Å². The highest BCUT2D eigenvalue weighted by Gasteiger charge is 2.59. The van der Waals surface area contributed by atoms with Crippen molar-refractivity contribution in [2.45, 2.75) is 11.5 Å². The molecule has 170 valence electrons. The Morgan fingerprint density at radius 2 is 1.56 bits per heavy atom. The van der Waals surface area contributed by atoms with Crippen molar-refractivity contribution in [2.75, 3.05) is 0 Å². The van der Waals surface area contributed by atoms with Gasteiger partial charge in [0.05, 0.1) is 17.8 Å². The zero-order valence-corrected chi connectivity index (χ0v) is 17.2. The summed E-state index contributed by atoms with van der Waals surface area (Å²) in [6, 6.07) is 12.0.